The van der Waals surface area contributed by atoms with E-state index >= 15 is 0 Å². The number of ketones is 1. The number of hydrogen-bond acceptors (Lipinski definition) is 4. The third-order valence-corrected chi connectivity index (χ3v) is 6.85. The van der Waals surface area contributed by atoms with Crippen molar-refractivity contribution >= 4 is 33.1 Å². The standard InChI is InChI=1S/C23H19ClN2O3S/c24-19-12-10-17(11-13-19)14-25-15-22-23(27)20-8-4-5-9-21(20)26(30(22,28)29)16-18-6-2-1-3-7-18/h1-13,15,25H,14,16H2. The highest BCUT2D eigenvalue weighted by molar-refractivity contribution is 7.97. The molecule has 0 radical (unpaired) electrons. The van der Waals surface area contributed by atoms with Gasteiger partial charge >= 0.3 is 0 Å². The SMILES string of the molecule is O=C1C(=CNCc2ccc(Cl)cc2)S(=O)(=O)N(Cc2ccccc2)c2ccccc21. The van der Waals surface area contributed by atoms with E-state index in [2.05, 4.69) is 5.32 Å². The Bertz CT molecular complexity index is 1210. The molecule has 0 aromatic heterocycles. The minimum absolute atomic E-state index is 0.141. The van der Waals surface area contributed by atoms with Gasteiger partial charge in [-0.25, -0.2) is 8.42 Å². The summed E-state index contributed by atoms with van der Waals surface area (Å²) in [6, 6.07) is 23.2. The first kappa shape index (κ1) is 20.2. The molecule has 0 unspecified atom stereocenters. The molecule has 0 fully saturated rings. The van der Waals surface area contributed by atoms with Crippen molar-refractivity contribution in [2.45, 2.75) is 13.1 Å². The van der Waals surface area contributed by atoms with Crippen molar-refractivity contribution < 1.29 is 13.2 Å². The molecule has 1 N–H and O–H groups in total. The van der Waals surface area contributed by atoms with E-state index in [1.165, 1.54) is 10.5 Å². The molecule has 0 bridgehead atoms. The zero-order chi connectivity index (χ0) is 21.1. The van der Waals surface area contributed by atoms with E-state index in [1.54, 1.807) is 36.4 Å². The van der Waals surface area contributed by atoms with Crippen LogP contribution in [0, 0.1) is 0 Å². The second-order valence-corrected chi connectivity index (χ2v) is 9.13. The average Bonchev–Trinajstić information content (AvgIpc) is 2.76. The molecular formula is C23H19ClN2O3S. The number of nitrogens with one attached hydrogen (secondary N) is 1. The van der Waals surface area contributed by atoms with Gasteiger partial charge in [-0.05, 0) is 35.4 Å². The molecule has 30 heavy (non-hydrogen) atoms. The molecule has 3 aromatic carbocycles. The largest absolute Gasteiger partial charge is 0.386 e. The van der Waals surface area contributed by atoms with Gasteiger partial charge in [0.1, 0.15) is 0 Å². The topological polar surface area (TPSA) is 66.5 Å². The number of Topliss-reactive ketones (excluding diaryl/α,β-unsaturated/α-hetero) is 1. The zero-order valence-corrected chi connectivity index (χ0v) is 17.5. The van der Waals surface area contributed by atoms with Gasteiger partial charge in [-0.2, -0.15) is 0 Å². The predicted octanol–water partition coefficient (Wildman–Crippen LogP) is 4.50. The van der Waals surface area contributed by atoms with E-state index in [1.807, 2.05) is 42.5 Å². The fourth-order valence-electron chi connectivity index (χ4n) is 3.30. The van der Waals surface area contributed by atoms with Gasteiger partial charge in [0.15, 0.2) is 4.91 Å². The Morgan fingerprint density at radius 3 is 2.27 bits per heavy atom. The Kier molecular flexibility index (Phi) is 5.61. The molecular weight excluding hydrogens is 420 g/mol. The maximum Gasteiger partial charge on any atom is 0.270 e. The molecule has 0 amide bonds. The second kappa shape index (κ2) is 8.34. The van der Waals surface area contributed by atoms with Crippen LogP contribution in [-0.4, -0.2) is 14.2 Å². The van der Waals surface area contributed by atoms with E-state index in [-0.39, 0.29) is 11.4 Å². The fourth-order valence-corrected chi connectivity index (χ4v) is 4.98. The van der Waals surface area contributed by atoms with Gasteiger partial charge in [0.05, 0.1) is 12.2 Å². The molecule has 0 saturated heterocycles. The van der Waals surface area contributed by atoms with Crippen molar-refractivity contribution in [2.24, 2.45) is 0 Å². The van der Waals surface area contributed by atoms with Gasteiger partial charge in [-0.1, -0.05) is 66.2 Å². The molecule has 1 aliphatic rings. The van der Waals surface area contributed by atoms with Crippen molar-refractivity contribution in [3.05, 3.63) is 112 Å². The summed E-state index contributed by atoms with van der Waals surface area (Å²) in [6.07, 6.45) is 1.29. The summed E-state index contributed by atoms with van der Waals surface area (Å²) in [5.41, 5.74) is 2.50. The van der Waals surface area contributed by atoms with Crippen molar-refractivity contribution in [1.82, 2.24) is 5.32 Å². The first-order chi connectivity index (χ1) is 14.5. The summed E-state index contributed by atoms with van der Waals surface area (Å²) in [5.74, 6) is -0.515. The van der Waals surface area contributed by atoms with E-state index in [0.717, 1.165) is 11.1 Å². The second-order valence-electron chi connectivity index (χ2n) is 6.86. The van der Waals surface area contributed by atoms with Gasteiger partial charge in [-0.3, -0.25) is 9.10 Å². The van der Waals surface area contributed by atoms with Crippen LogP contribution < -0.4 is 9.62 Å². The summed E-state index contributed by atoms with van der Waals surface area (Å²) in [6.45, 7) is 0.506. The summed E-state index contributed by atoms with van der Waals surface area (Å²) in [7, 11) is -4.02. The van der Waals surface area contributed by atoms with E-state index < -0.39 is 15.8 Å². The van der Waals surface area contributed by atoms with Crippen LogP contribution in [0.5, 0.6) is 0 Å². The van der Waals surface area contributed by atoms with Gasteiger partial charge in [0, 0.05) is 23.3 Å². The van der Waals surface area contributed by atoms with Gasteiger partial charge in [0.25, 0.3) is 10.0 Å². The van der Waals surface area contributed by atoms with E-state index in [0.29, 0.717) is 22.8 Å². The van der Waals surface area contributed by atoms with Crippen LogP contribution in [0.3, 0.4) is 0 Å². The Morgan fingerprint density at radius 2 is 1.53 bits per heavy atom. The van der Waals surface area contributed by atoms with Gasteiger partial charge in [-0.15, -0.1) is 0 Å². The third kappa shape index (κ3) is 3.97. The highest BCUT2D eigenvalue weighted by Gasteiger charge is 2.39. The number of benzene rings is 3. The van der Waals surface area contributed by atoms with Crippen LogP contribution in [0.15, 0.2) is 90.0 Å². The molecule has 0 aliphatic carbocycles. The molecule has 152 valence electrons. The number of carbonyl (C=O) groups is 1. The Hall–Kier alpha value is -3.09. The summed E-state index contributed by atoms with van der Waals surface area (Å²) in [5, 5.41) is 3.58. The predicted molar refractivity (Wildman–Crippen MR) is 119 cm³/mol. The summed E-state index contributed by atoms with van der Waals surface area (Å²) >= 11 is 5.89. The van der Waals surface area contributed by atoms with Crippen molar-refractivity contribution in [3.63, 3.8) is 0 Å². The fraction of sp³-hybridized carbons (Fsp3) is 0.0870. The van der Waals surface area contributed by atoms with Crippen molar-refractivity contribution in [2.75, 3.05) is 4.31 Å². The minimum Gasteiger partial charge on any atom is -0.386 e. The van der Waals surface area contributed by atoms with Gasteiger partial charge < -0.3 is 5.32 Å². The smallest absolute Gasteiger partial charge is 0.270 e. The van der Waals surface area contributed by atoms with Crippen LogP contribution in [0.25, 0.3) is 0 Å². The number of allylic oxidation sites excluding steroid dienone is 1. The summed E-state index contributed by atoms with van der Waals surface area (Å²) in [4.78, 5) is 12.7. The lowest BCUT2D eigenvalue weighted by atomic mass is 10.1. The minimum atomic E-state index is -4.02. The molecule has 1 aliphatic heterocycles. The molecule has 0 spiro atoms. The maximum absolute atomic E-state index is 13.4. The summed E-state index contributed by atoms with van der Waals surface area (Å²) < 4.78 is 28.0. The molecule has 7 heteroatoms. The van der Waals surface area contributed by atoms with Crippen LogP contribution >= 0.6 is 11.6 Å². The van der Waals surface area contributed by atoms with Crippen LogP contribution in [0.1, 0.15) is 21.5 Å². The quantitative estimate of drug-likeness (QED) is 0.595. The van der Waals surface area contributed by atoms with Crippen LogP contribution in [-0.2, 0) is 23.1 Å². The lowest BCUT2D eigenvalue weighted by molar-refractivity contribution is 0.104. The lowest BCUT2D eigenvalue weighted by Gasteiger charge is -2.31. The zero-order valence-electron chi connectivity index (χ0n) is 16.0. The average molecular weight is 439 g/mol. The van der Waals surface area contributed by atoms with E-state index in [9.17, 15) is 13.2 Å². The number of nitrogens with zero attached hydrogens (tertiary/aromatic N) is 1. The normalized spacial score (nSPS) is 16.4. The number of fused-ring (bicyclic) bond motifs is 1. The van der Waals surface area contributed by atoms with Gasteiger partial charge in [0.2, 0.25) is 5.78 Å². The highest BCUT2D eigenvalue weighted by Crippen LogP contribution is 2.35. The number of sulfonamides is 1. The van der Waals surface area contributed by atoms with E-state index in [4.69, 9.17) is 11.6 Å². The van der Waals surface area contributed by atoms with Crippen molar-refractivity contribution in [1.29, 1.82) is 0 Å². The molecule has 0 atom stereocenters. The maximum atomic E-state index is 13.4. The molecule has 3 aromatic rings. The Balaban J connectivity index is 1.68. The number of hydrogen-bond donors (Lipinski definition) is 1. The van der Waals surface area contributed by atoms with Crippen molar-refractivity contribution in [3.8, 4) is 0 Å². The number of carbonyl (C=O) groups excluding carboxylic acids is 1. The number of para-hydroxylation sites is 1. The number of rotatable bonds is 5. The third-order valence-electron chi connectivity index (χ3n) is 4.83. The number of anilines is 1. The molecule has 1 heterocycles. The Morgan fingerprint density at radius 1 is 0.867 bits per heavy atom. The number of halogens is 1. The monoisotopic (exact) mass is 438 g/mol. The molecule has 5 nitrogen and oxygen atoms in total. The first-order valence-electron chi connectivity index (χ1n) is 9.35. The molecule has 0 saturated carbocycles. The van der Waals surface area contributed by atoms with Crippen LogP contribution in [0.4, 0.5) is 5.69 Å². The molecule has 4 rings (SSSR count). The highest BCUT2D eigenvalue weighted by atomic mass is 35.5. The van der Waals surface area contributed by atoms with Crippen LogP contribution in [0.2, 0.25) is 5.02 Å². The Labute approximate surface area is 180 Å². The lowest BCUT2D eigenvalue weighted by Crippen LogP contribution is -2.39. The first-order valence-corrected chi connectivity index (χ1v) is 11.2.